The number of carbonyl (C=O) groups is 4. The van der Waals surface area contributed by atoms with Crippen LogP contribution in [0.15, 0.2) is 30.3 Å². The van der Waals surface area contributed by atoms with E-state index in [1.807, 2.05) is 42.1 Å². The molecule has 39 heavy (non-hydrogen) atoms. The number of nitrogens with zero attached hydrogens (tertiary/aromatic N) is 4. The lowest BCUT2D eigenvalue weighted by molar-refractivity contribution is -0.138. The maximum absolute atomic E-state index is 13.5. The van der Waals surface area contributed by atoms with Gasteiger partial charge in [-0.05, 0) is 77.7 Å². The number of likely N-dealkylation sites (tertiary alicyclic amines) is 1. The number of nitrogens with one attached hydrogen (secondary N) is 2. The third kappa shape index (κ3) is 5.96. The molecule has 4 atom stereocenters. The Morgan fingerprint density at radius 3 is 2.36 bits per heavy atom. The second-order valence-corrected chi connectivity index (χ2v) is 11.6. The molecule has 5 aliphatic rings. The number of fused-ring (bicyclic) bond motifs is 9. The molecule has 6 rings (SSSR count). The molecule has 0 spiro atoms. The summed E-state index contributed by atoms with van der Waals surface area (Å²) in [6.07, 6.45) is 5.21. The van der Waals surface area contributed by atoms with Crippen LogP contribution in [-0.2, 0) is 14.4 Å². The van der Waals surface area contributed by atoms with Crippen molar-refractivity contribution in [2.45, 2.75) is 75.2 Å². The predicted molar refractivity (Wildman–Crippen MR) is 147 cm³/mol. The molecule has 5 heterocycles. The molecule has 4 amide bonds. The number of carbonyl (C=O) groups excluding carboxylic acids is 4. The summed E-state index contributed by atoms with van der Waals surface area (Å²) in [5.74, 6) is -0.293. The maximum Gasteiger partial charge on any atom is 0.254 e. The van der Waals surface area contributed by atoms with Crippen molar-refractivity contribution >= 4 is 23.6 Å². The number of hydrogen-bond acceptors (Lipinski definition) is 6. The highest BCUT2D eigenvalue weighted by atomic mass is 16.2. The minimum atomic E-state index is -0.657. The van der Waals surface area contributed by atoms with E-state index in [9.17, 15) is 19.2 Å². The van der Waals surface area contributed by atoms with Gasteiger partial charge in [-0.2, -0.15) is 0 Å². The largest absolute Gasteiger partial charge is 0.354 e. The molecular formula is C29H42N6O4. The van der Waals surface area contributed by atoms with Crippen LogP contribution in [0, 0.1) is 0 Å². The number of rotatable bonds is 2. The lowest BCUT2D eigenvalue weighted by Crippen LogP contribution is -2.55. The highest BCUT2D eigenvalue weighted by Crippen LogP contribution is 2.28. The van der Waals surface area contributed by atoms with E-state index in [1.54, 1.807) is 17.0 Å². The first-order valence-corrected chi connectivity index (χ1v) is 14.5. The molecular weight excluding hydrogens is 496 g/mol. The highest BCUT2D eigenvalue weighted by Gasteiger charge is 2.43. The van der Waals surface area contributed by atoms with Crippen molar-refractivity contribution in [3.05, 3.63) is 35.9 Å². The van der Waals surface area contributed by atoms with E-state index in [2.05, 4.69) is 15.5 Å². The van der Waals surface area contributed by atoms with Crippen LogP contribution in [0.2, 0.25) is 0 Å². The first-order chi connectivity index (χ1) is 18.8. The van der Waals surface area contributed by atoms with E-state index < -0.39 is 6.04 Å². The van der Waals surface area contributed by atoms with Crippen molar-refractivity contribution in [1.82, 2.24) is 30.2 Å². The van der Waals surface area contributed by atoms with E-state index >= 15 is 0 Å². The highest BCUT2D eigenvalue weighted by molar-refractivity contribution is 5.98. The zero-order valence-electron chi connectivity index (χ0n) is 23.2. The second kappa shape index (κ2) is 12.0. The summed E-state index contributed by atoms with van der Waals surface area (Å²) in [5, 5.41) is 6.21. The van der Waals surface area contributed by atoms with E-state index in [1.165, 1.54) is 0 Å². The molecule has 4 bridgehead atoms. The third-order valence-corrected chi connectivity index (χ3v) is 8.94. The van der Waals surface area contributed by atoms with Crippen LogP contribution in [0.3, 0.4) is 0 Å². The Kier molecular flexibility index (Phi) is 8.52. The minimum absolute atomic E-state index is 0.0158. The zero-order chi connectivity index (χ0) is 27.5. The van der Waals surface area contributed by atoms with Gasteiger partial charge in [-0.25, -0.2) is 0 Å². The van der Waals surface area contributed by atoms with E-state index in [0.717, 1.165) is 32.2 Å². The van der Waals surface area contributed by atoms with Gasteiger partial charge in [0.1, 0.15) is 6.04 Å². The molecule has 2 N–H and O–H groups in total. The Morgan fingerprint density at radius 2 is 1.64 bits per heavy atom. The quantitative estimate of drug-likeness (QED) is 0.574. The van der Waals surface area contributed by atoms with Crippen LogP contribution >= 0.6 is 0 Å². The van der Waals surface area contributed by atoms with Crippen molar-refractivity contribution < 1.29 is 19.2 Å². The molecule has 0 saturated carbocycles. The SMILES string of the molecule is CN(C)[C@H]1CCCNC(=O)[C@@H]2C[C@H](CN2C(=O)c2ccccc2)NC(=O)[C@H]2CCCN2C2CCN(CC2)C1=O. The van der Waals surface area contributed by atoms with Crippen molar-refractivity contribution in [1.29, 1.82) is 0 Å². The lowest BCUT2D eigenvalue weighted by atomic mass is 9.99. The van der Waals surface area contributed by atoms with E-state index in [-0.39, 0.29) is 47.8 Å². The zero-order valence-corrected chi connectivity index (χ0v) is 23.2. The van der Waals surface area contributed by atoms with Gasteiger partial charge < -0.3 is 20.4 Å². The van der Waals surface area contributed by atoms with Crippen LogP contribution in [-0.4, -0.2) is 120 Å². The van der Waals surface area contributed by atoms with Crippen LogP contribution < -0.4 is 10.6 Å². The standard InChI is InChI=1S/C29H42N6O4/c1-32(2)24-10-6-14-30-26(36)25-18-21(19-35(25)28(38)20-8-4-3-5-9-20)31-27(37)23-11-7-15-34(23)22-12-16-33(17-13-22)29(24)39/h3-5,8-9,21-25H,6-7,10-19H2,1-2H3,(H,30,36)(H,31,37)/t21-,23-,24+,25+/m1/s1. The summed E-state index contributed by atoms with van der Waals surface area (Å²) in [7, 11) is 3.86. The fraction of sp³-hybridized carbons (Fsp3) is 0.655. The van der Waals surface area contributed by atoms with Gasteiger partial charge in [-0.15, -0.1) is 0 Å². The lowest BCUT2D eigenvalue weighted by Gasteiger charge is -2.40. The number of likely N-dealkylation sites (N-methyl/N-ethyl adjacent to an activating group) is 1. The predicted octanol–water partition coefficient (Wildman–Crippen LogP) is 0.682. The Morgan fingerprint density at radius 1 is 0.897 bits per heavy atom. The summed E-state index contributed by atoms with van der Waals surface area (Å²) in [5.41, 5.74) is 0.528. The molecule has 0 aliphatic carbocycles. The van der Waals surface area contributed by atoms with Gasteiger partial charge in [0.05, 0.1) is 12.1 Å². The minimum Gasteiger partial charge on any atom is -0.354 e. The molecule has 0 unspecified atom stereocenters. The monoisotopic (exact) mass is 538 g/mol. The van der Waals surface area contributed by atoms with Crippen LogP contribution in [0.5, 0.6) is 0 Å². The Bertz CT molecular complexity index is 1060. The number of hydrogen-bond donors (Lipinski definition) is 2. The molecule has 1 aromatic carbocycles. The molecule has 1 aromatic rings. The number of piperidine rings is 1. The van der Waals surface area contributed by atoms with Gasteiger partial charge in [0.25, 0.3) is 5.91 Å². The Balaban J connectivity index is 1.38. The van der Waals surface area contributed by atoms with Crippen LogP contribution in [0.4, 0.5) is 0 Å². The van der Waals surface area contributed by atoms with Gasteiger partial charge in [0.2, 0.25) is 17.7 Å². The smallest absolute Gasteiger partial charge is 0.254 e. The van der Waals surface area contributed by atoms with Crippen LogP contribution in [0.25, 0.3) is 0 Å². The summed E-state index contributed by atoms with van der Waals surface area (Å²) >= 11 is 0. The first kappa shape index (κ1) is 27.6. The number of amides is 4. The molecule has 10 nitrogen and oxygen atoms in total. The molecule has 5 saturated heterocycles. The third-order valence-electron chi connectivity index (χ3n) is 8.94. The van der Waals surface area contributed by atoms with E-state index in [0.29, 0.717) is 51.0 Å². The van der Waals surface area contributed by atoms with Gasteiger partial charge >= 0.3 is 0 Å². The van der Waals surface area contributed by atoms with Gasteiger partial charge in [0.15, 0.2) is 0 Å². The van der Waals surface area contributed by atoms with Gasteiger partial charge in [-0.3, -0.25) is 29.0 Å². The average Bonchev–Trinajstić information content (AvgIpc) is 3.60. The molecule has 0 radical (unpaired) electrons. The Labute approximate surface area is 231 Å². The molecule has 212 valence electrons. The average molecular weight is 539 g/mol. The normalized spacial score (nSPS) is 31.1. The van der Waals surface area contributed by atoms with Gasteiger partial charge in [0, 0.05) is 43.8 Å². The molecule has 10 heteroatoms. The number of benzene rings is 1. The van der Waals surface area contributed by atoms with Crippen molar-refractivity contribution in [3.63, 3.8) is 0 Å². The van der Waals surface area contributed by atoms with Gasteiger partial charge in [-0.1, -0.05) is 18.2 Å². The van der Waals surface area contributed by atoms with E-state index in [4.69, 9.17) is 0 Å². The fourth-order valence-electron chi connectivity index (χ4n) is 6.82. The topological polar surface area (TPSA) is 105 Å². The first-order valence-electron chi connectivity index (χ1n) is 14.5. The van der Waals surface area contributed by atoms with Crippen molar-refractivity contribution in [2.24, 2.45) is 0 Å². The summed E-state index contributed by atoms with van der Waals surface area (Å²) < 4.78 is 0. The molecule has 0 aromatic heterocycles. The maximum atomic E-state index is 13.5. The molecule has 5 aliphatic heterocycles. The summed E-state index contributed by atoms with van der Waals surface area (Å²) in [6, 6.07) is 7.88. The second-order valence-electron chi connectivity index (χ2n) is 11.6. The molecule has 5 fully saturated rings. The van der Waals surface area contributed by atoms with Crippen molar-refractivity contribution in [2.75, 3.05) is 46.8 Å². The van der Waals surface area contributed by atoms with Crippen LogP contribution in [0.1, 0.15) is 55.3 Å². The van der Waals surface area contributed by atoms with Crippen molar-refractivity contribution in [3.8, 4) is 0 Å². The fourth-order valence-corrected chi connectivity index (χ4v) is 6.82. The summed E-state index contributed by atoms with van der Waals surface area (Å²) in [6.45, 7) is 3.02. The Hall–Kier alpha value is -2.98. The summed E-state index contributed by atoms with van der Waals surface area (Å²) in [4.78, 5) is 61.6.